The number of hydrogen-bond donors (Lipinski definition) is 0. The van der Waals surface area contributed by atoms with Crippen LogP contribution in [0.4, 0.5) is 20.3 Å². The molecule has 0 fully saturated rings. The Morgan fingerprint density at radius 3 is 2.65 bits per heavy atom. The number of hydrogen-bond acceptors (Lipinski definition) is 4. The van der Waals surface area contributed by atoms with Gasteiger partial charge in [-0.25, -0.2) is 13.8 Å². The van der Waals surface area contributed by atoms with Crippen LogP contribution in [0.25, 0.3) is 0 Å². The third-order valence-electron chi connectivity index (χ3n) is 2.74. The number of nitrogens with zero attached hydrogens (tertiary/aromatic N) is 3. The number of fused-ring (bicyclic) bond motifs is 1. The number of sulfonamides is 1. The molecule has 5 nitrogen and oxygen atoms in total. The Labute approximate surface area is 113 Å². The van der Waals surface area contributed by atoms with Crippen molar-refractivity contribution in [1.29, 1.82) is 0 Å². The standard InChI is InChI=1S/C12H7F2N3O2S/c13-9-4-3-8(6-10(9)14)17-7-16-20(18,19)11-2-1-5-15-12(11)17/h1-7H. The zero-order valence-corrected chi connectivity index (χ0v) is 10.7. The van der Waals surface area contributed by atoms with Crippen LogP contribution in [0.1, 0.15) is 0 Å². The Hall–Kier alpha value is -2.35. The van der Waals surface area contributed by atoms with Crippen molar-refractivity contribution in [2.45, 2.75) is 4.90 Å². The summed E-state index contributed by atoms with van der Waals surface area (Å²) in [6.07, 6.45) is 2.41. The lowest BCUT2D eigenvalue weighted by molar-refractivity contribution is 0.509. The Bertz CT molecular complexity index is 821. The van der Waals surface area contributed by atoms with Crippen LogP contribution in [0.2, 0.25) is 0 Å². The van der Waals surface area contributed by atoms with E-state index in [1.165, 1.54) is 29.3 Å². The molecule has 0 amide bonds. The molecule has 0 saturated heterocycles. The highest BCUT2D eigenvalue weighted by Gasteiger charge is 2.27. The van der Waals surface area contributed by atoms with E-state index >= 15 is 0 Å². The fourth-order valence-electron chi connectivity index (χ4n) is 1.81. The van der Waals surface area contributed by atoms with Crippen LogP contribution in [0.3, 0.4) is 0 Å². The lowest BCUT2D eigenvalue weighted by Gasteiger charge is -2.23. The first-order valence-electron chi connectivity index (χ1n) is 5.49. The van der Waals surface area contributed by atoms with E-state index in [0.717, 1.165) is 18.5 Å². The predicted octanol–water partition coefficient (Wildman–Crippen LogP) is 2.23. The summed E-state index contributed by atoms with van der Waals surface area (Å²) in [4.78, 5) is 5.15. The van der Waals surface area contributed by atoms with Crippen LogP contribution in [0.15, 0.2) is 45.8 Å². The molecule has 102 valence electrons. The molecule has 2 heterocycles. The molecule has 20 heavy (non-hydrogen) atoms. The quantitative estimate of drug-likeness (QED) is 0.809. The van der Waals surface area contributed by atoms with Crippen molar-refractivity contribution in [3.63, 3.8) is 0 Å². The average Bonchev–Trinajstić information content (AvgIpc) is 2.43. The zero-order chi connectivity index (χ0) is 14.3. The number of rotatable bonds is 1. The number of benzene rings is 1. The summed E-state index contributed by atoms with van der Waals surface area (Å²) in [6, 6.07) is 6.00. The van der Waals surface area contributed by atoms with Crippen molar-refractivity contribution in [2.24, 2.45) is 4.40 Å². The number of pyridine rings is 1. The van der Waals surface area contributed by atoms with Gasteiger partial charge in [0.2, 0.25) is 0 Å². The van der Waals surface area contributed by atoms with E-state index in [-0.39, 0.29) is 16.4 Å². The van der Waals surface area contributed by atoms with E-state index in [0.29, 0.717) is 0 Å². The Balaban J connectivity index is 2.19. The Kier molecular flexibility index (Phi) is 2.75. The number of anilines is 2. The summed E-state index contributed by atoms with van der Waals surface area (Å²) in [5.74, 6) is -1.94. The van der Waals surface area contributed by atoms with E-state index in [9.17, 15) is 17.2 Å². The van der Waals surface area contributed by atoms with Crippen LogP contribution in [0.5, 0.6) is 0 Å². The molecule has 0 atom stereocenters. The molecule has 8 heteroatoms. The van der Waals surface area contributed by atoms with E-state index in [1.807, 2.05) is 0 Å². The molecular formula is C12H7F2N3O2S. The molecule has 0 aliphatic carbocycles. The zero-order valence-electron chi connectivity index (χ0n) is 9.86. The minimum atomic E-state index is -3.80. The maximum atomic E-state index is 13.3. The van der Waals surface area contributed by atoms with Crippen molar-refractivity contribution in [3.05, 3.63) is 48.2 Å². The van der Waals surface area contributed by atoms with Gasteiger partial charge in [0.15, 0.2) is 17.5 Å². The molecule has 0 unspecified atom stereocenters. The monoisotopic (exact) mass is 295 g/mol. The third kappa shape index (κ3) is 1.94. The second-order valence-electron chi connectivity index (χ2n) is 3.99. The van der Waals surface area contributed by atoms with Crippen molar-refractivity contribution in [2.75, 3.05) is 4.90 Å². The molecule has 3 rings (SSSR count). The normalized spacial score (nSPS) is 16.0. The van der Waals surface area contributed by atoms with Gasteiger partial charge in [-0.15, -0.1) is 4.40 Å². The van der Waals surface area contributed by atoms with Crippen molar-refractivity contribution in [3.8, 4) is 0 Å². The van der Waals surface area contributed by atoms with Gasteiger partial charge in [-0.2, -0.15) is 8.42 Å². The predicted molar refractivity (Wildman–Crippen MR) is 68.4 cm³/mol. The minimum Gasteiger partial charge on any atom is -0.283 e. The van der Waals surface area contributed by atoms with Gasteiger partial charge in [0.25, 0.3) is 10.0 Å². The summed E-state index contributed by atoms with van der Waals surface area (Å²) >= 11 is 0. The first-order valence-corrected chi connectivity index (χ1v) is 6.93. The lowest BCUT2D eigenvalue weighted by Crippen LogP contribution is -2.23. The Morgan fingerprint density at radius 2 is 1.90 bits per heavy atom. The highest BCUT2D eigenvalue weighted by atomic mass is 32.2. The molecule has 1 aromatic heterocycles. The maximum Gasteiger partial charge on any atom is 0.287 e. The van der Waals surface area contributed by atoms with Gasteiger partial charge in [-0.05, 0) is 24.3 Å². The Morgan fingerprint density at radius 1 is 1.10 bits per heavy atom. The van der Waals surface area contributed by atoms with Crippen molar-refractivity contribution >= 4 is 27.9 Å². The maximum absolute atomic E-state index is 13.3. The summed E-state index contributed by atoms with van der Waals surface area (Å²) in [5.41, 5.74) is 0.225. The van der Waals surface area contributed by atoms with Gasteiger partial charge in [0.1, 0.15) is 11.2 Å². The molecule has 1 aromatic carbocycles. The highest BCUT2D eigenvalue weighted by molar-refractivity contribution is 7.90. The van der Waals surface area contributed by atoms with E-state index in [4.69, 9.17) is 0 Å². The minimum absolute atomic E-state index is 0.0905. The lowest BCUT2D eigenvalue weighted by atomic mass is 10.2. The molecule has 2 aromatic rings. The van der Waals surface area contributed by atoms with Crippen molar-refractivity contribution in [1.82, 2.24) is 4.98 Å². The summed E-state index contributed by atoms with van der Waals surface area (Å²) in [7, 11) is -3.80. The van der Waals surface area contributed by atoms with Gasteiger partial charge >= 0.3 is 0 Å². The first-order chi connectivity index (χ1) is 9.49. The number of halogens is 2. The van der Waals surface area contributed by atoms with E-state index in [1.54, 1.807) is 0 Å². The van der Waals surface area contributed by atoms with Gasteiger partial charge in [0, 0.05) is 12.3 Å². The molecule has 0 bridgehead atoms. The molecule has 1 aliphatic rings. The summed E-state index contributed by atoms with van der Waals surface area (Å²) in [6.45, 7) is 0. The molecule has 0 saturated carbocycles. The van der Waals surface area contributed by atoms with Crippen LogP contribution < -0.4 is 4.90 Å². The van der Waals surface area contributed by atoms with Crippen LogP contribution in [-0.4, -0.2) is 19.7 Å². The SMILES string of the molecule is O=S1(=O)N=CN(c2ccc(F)c(F)c2)c2ncccc21. The first kappa shape index (κ1) is 12.7. The van der Waals surface area contributed by atoms with E-state index in [2.05, 4.69) is 9.38 Å². The van der Waals surface area contributed by atoms with Gasteiger partial charge in [-0.1, -0.05) is 0 Å². The molecular weight excluding hydrogens is 288 g/mol. The van der Waals surface area contributed by atoms with Crippen molar-refractivity contribution < 1.29 is 17.2 Å². The van der Waals surface area contributed by atoms with Crippen LogP contribution in [-0.2, 0) is 10.0 Å². The molecule has 0 radical (unpaired) electrons. The highest BCUT2D eigenvalue weighted by Crippen LogP contribution is 2.32. The third-order valence-corrected chi connectivity index (χ3v) is 3.99. The second-order valence-corrected chi connectivity index (χ2v) is 5.59. The van der Waals surface area contributed by atoms with Crippen LogP contribution >= 0.6 is 0 Å². The van der Waals surface area contributed by atoms with Crippen LogP contribution in [0, 0.1) is 11.6 Å². The second kappa shape index (κ2) is 4.34. The topological polar surface area (TPSA) is 62.6 Å². The van der Waals surface area contributed by atoms with Gasteiger partial charge in [0.05, 0.1) is 5.69 Å². The van der Waals surface area contributed by atoms with Gasteiger partial charge in [-0.3, -0.25) is 4.90 Å². The molecule has 0 spiro atoms. The largest absolute Gasteiger partial charge is 0.287 e. The summed E-state index contributed by atoms with van der Waals surface area (Å²) in [5, 5.41) is 0. The smallest absolute Gasteiger partial charge is 0.283 e. The fourth-order valence-corrected chi connectivity index (χ4v) is 2.77. The fraction of sp³-hybridized carbons (Fsp3) is 0. The molecule has 1 aliphatic heterocycles. The molecule has 0 N–H and O–H groups in total. The average molecular weight is 295 g/mol. The van der Waals surface area contributed by atoms with E-state index < -0.39 is 21.7 Å². The van der Waals surface area contributed by atoms with Gasteiger partial charge < -0.3 is 0 Å². The number of aromatic nitrogens is 1. The summed E-state index contributed by atoms with van der Waals surface area (Å²) < 4.78 is 53.2.